The average Bonchev–Trinajstić information content (AvgIpc) is 2.72. The molecule has 2 rings (SSSR count). The van der Waals surface area contributed by atoms with E-state index in [1.807, 2.05) is 0 Å². The van der Waals surface area contributed by atoms with Gasteiger partial charge in [-0.1, -0.05) is 17.7 Å². The highest BCUT2D eigenvalue weighted by molar-refractivity contribution is 7.89. The van der Waals surface area contributed by atoms with Crippen LogP contribution in [0.1, 0.15) is 10.4 Å². The first-order valence-corrected chi connectivity index (χ1v) is 10.2. The lowest BCUT2D eigenvalue weighted by Crippen LogP contribution is -2.25. The maximum absolute atomic E-state index is 13.9. The fraction of sp³-hybridized carbons (Fsp3) is 0.111. The molecule has 0 aliphatic carbocycles. The van der Waals surface area contributed by atoms with Gasteiger partial charge in [0.25, 0.3) is 11.6 Å². The molecule has 2 N–H and O–H groups in total. The largest absolute Gasteiger partial charge is 0.452 e. The van der Waals surface area contributed by atoms with Gasteiger partial charge in [0, 0.05) is 18.7 Å². The highest BCUT2D eigenvalue weighted by Crippen LogP contribution is 2.26. The molecule has 2 aromatic rings. The van der Waals surface area contributed by atoms with E-state index in [1.54, 1.807) is 0 Å². The van der Waals surface area contributed by atoms with E-state index in [4.69, 9.17) is 16.3 Å². The second kappa shape index (κ2) is 10.1. The Bertz CT molecular complexity index is 1150. The van der Waals surface area contributed by atoms with Gasteiger partial charge in [0.1, 0.15) is 10.7 Å². The standard InChI is InChI=1S/C18H15ClFN3O7S/c1-2-7-21-31(28,29)16-8-11(3-5-14(16)20)18(25)30-10-17(24)22-15-6-4-12(23(26)27)9-13(15)19/h2-6,8-9,21H,1,7,10H2,(H,22,24). The molecule has 0 radical (unpaired) electrons. The number of nitro groups is 1. The number of nitrogens with one attached hydrogen (secondary N) is 2. The maximum Gasteiger partial charge on any atom is 0.338 e. The summed E-state index contributed by atoms with van der Waals surface area (Å²) in [6.45, 7) is 2.41. The lowest BCUT2D eigenvalue weighted by molar-refractivity contribution is -0.384. The van der Waals surface area contributed by atoms with Crippen molar-refractivity contribution >= 4 is 44.9 Å². The van der Waals surface area contributed by atoms with Crippen molar-refractivity contribution in [3.05, 3.63) is 75.6 Å². The molecule has 1 amide bonds. The molecule has 0 heterocycles. The Morgan fingerprint density at radius 1 is 1.26 bits per heavy atom. The number of amides is 1. The number of ether oxygens (including phenoxy) is 1. The Morgan fingerprint density at radius 3 is 2.58 bits per heavy atom. The van der Waals surface area contributed by atoms with Crippen LogP contribution in [0.5, 0.6) is 0 Å². The summed E-state index contributed by atoms with van der Waals surface area (Å²) >= 11 is 5.86. The Balaban J connectivity index is 2.06. The maximum atomic E-state index is 13.9. The van der Waals surface area contributed by atoms with Crippen LogP contribution >= 0.6 is 11.6 Å². The van der Waals surface area contributed by atoms with Crippen LogP contribution in [0.25, 0.3) is 0 Å². The van der Waals surface area contributed by atoms with Crippen LogP contribution in [-0.4, -0.2) is 38.4 Å². The zero-order valence-corrected chi connectivity index (χ0v) is 17.2. The first kappa shape index (κ1) is 23.9. The minimum absolute atomic E-state index is 0.0526. The Morgan fingerprint density at radius 2 is 1.97 bits per heavy atom. The van der Waals surface area contributed by atoms with Crippen LogP contribution in [0.3, 0.4) is 0 Å². The van der Waals surface area contributed by atoms with Crippen LogP contribution in [0.15, 0.2) is 53.9 Å². The normalized spacial score (nSPS) is 10.9. The molecule has 0 atom stereocenters. The summed E-state index contributed by atoms with van der Waals surface area (Å²) in [6.07, 6.45) is 1.25. The lowest BCUT2D eigenvalue weighted by Gasteiger charge is -2.10. The van der Waals surface area contributed by atoms with Gasteiger partial charge in [-0.05, 0) is 24.3 Å². The van der Waals surface area contributed by atoms with Crippen molar-refractivity contribution < 1.29 is 32.1 Å². The molecule has 0 aliphatic rings. The molecule has 0 unspecified atom stereocenters. The number of carbonyl (C=O) groups is 2. The number of non-ortho nitro benzene ring substituents is 1. The number of benzene rings is 2. The van der Waals surface area contributed by atoms with Crippen molar-refractivity contribution in [3.63, 3.8) is 0 Å². The van der Waals surface area contributed by atoms with E-state index in [-0.39, 0.29) is 28.5 Å². The predicted molar refractivity (Wildman–Crippen MR) is 109 cm³/mol. The fourth-order valence-corrected chi connectivity index (χ4v) is 3.52. The smallest absolute Gasteiger partial charge is 0.338 e. The molecular formula is C18H15ClFN3O7S. The minimum atomic E-state index is -4.24. The van der Waals surface area contributed by atoms with E-state index in [0.29, 0.717) is 0 Å². The number of carbonyl (C=O) groups excluding carboxylic acids is 2. The molecule has 0 aliphatic heterocycles. The molecule has 0 saturated heterocycles. The molecule has 164 valence electrons. The first-order chi connectivity index (χ1) is 14.5. The second-order valence-corrected chi connectivity index (χ2v) is 7.97. The Kier molecular flexibility index (Phi) is 7.80. The van der Waals surface area contributed by atoms with Gasteiger partial charge < -0.3 is 10.1 Å². The second-order valence-electron chi connectivity index (χ2n) is 5.83. The molecule has 13 heteroatoms. The lowest BCUT2D eigenvalue weighted by atomic mass is 10.2. The highest BCUT2D eigenvalue weighted by Gasteiger charge is 2.21. The van der Waals surface area contributed by atoms with Gasteiger partial charge in [-0.25, -0.2) is 22.3 Å². The highest BCUT2D eigenvalue weighted by atomic mass is 35.5. The van der Waals surface area contributed by atoms with Gasteiger partial charge in [-0.3, -0.25) is 14.9 Å². The van der Waals surface area contributed by atoms with E-state index < -0.39 is 44.1 Å². The summed E-state index contributed by atoms with van der Waals surface area (Å²) in [7, 11) is -4.24. The zero-order valence-electron chi connectivity index (χ0n) is 15.6. The predicted octanol–water partition coefficient (Wildman–Crippen LogP) is 2.65. The fourth-order valence-electron chi connectivity index (χ4n) is 2.20. The summed E-state index contributed by atoms with van der Waals surface area (Å²) in [5.41, 5.74) is -0.530. The van der Waals surface area contributed by atoms with Crippen LogP contribution in [0.4, 0.5) is 15.8 Å². The summed E-state index contributed by atoms with van der Waals surface area (Å²) < 4.78 is 44.9. The van der Waals surface area contributed by atoms with Crippen LogP contribution in [-0.2, 0) is 19.6 Å². The topological polar surface area (TPSA) is 145 Å². The first-order valence-electron chi connectivity index (χ1n) is 8.36. The van der Waals surface area contributed by atoms with Crippen molar-refractivity contribution in [3.8, 4) is 0 Å². The van der Waals surface area contributed by atoms with E-state index in [1.165, 1.54) is 12.1 Å². The number of halogens is 2. The average molecular weight is 472 g/mol. The summed E-state index contributed by atoms with van der Waals surface area (Å²) in [5, 5.41) is 12.9. The van der Waals surface area contributed by atoms with Gasteiger partial charge >= 0.3 is 5.97 Å². The SMILES string of the molecule is C=CCNS(=O)(=O)c1cc(C(=O)OCC(=O)Nc2ccc([N+](=O)[O-])cc2Cl)ccc1F. The number of sulfonamides is 1. The molecular weight excluding hydrogens is 457 g/mol. The van der Waals surface area contributed by atoms with Crippen LogP contribution < -0.4 is 10.0 Å². The molecule has 0 spiro atoms. The number of anilines is 1. The molecule has 0 bridgehead atoms. The van der Waals surface area contributed by atoms with Gasteiger partial charge in [0.15, 0.2) is 6.61 Å². The Hall–Kier alpha value is -3.35. The van der Waals surface area contributed by atoms with Crippen molar-refractivity contribution in [2.24, 2.45) is 0 Å². The van der Waals surface area contributed by atoms with E-state index in [2.05, 4.69) is 16.6 Å². The van der Waals surface area contributed by atoms with Crippen molar-refractivity contribution in [1.29, 1.82) is 0 Å². The third-order valence-electron chi connectivity index (χ3n) is 3.65. The number of hydrogen-bond donors (Lipinski definition) is 2. The zero-order chi connectivity index (χ0) is 23.2. The quantitative estimate of drug-likeness (QED) is 0.247. The van der Waals surface area contributed by atoms with E-state index >= 15 is 0 Å². The van der Waals surface area contributed by atoms with Crippen molar-refractivity contribution in [2.45, 2.75) is 4.90 Å². The number of rotatable bonds is 9. The van der Waals surface area contributed by atoms with E-state index in [9.17, 15) is 32.5 Å². The van der Waals surface area contributed by atoms with E-state index in [0.717, 1.165) is 30.3 Å². The summed E-state index contributed by atoms with van der Waals surface area (Å²) in [5.74, 6) is -2.98. The van der Waals surface area contributed by atoms with Gasteiger partial charge in [-0.2, -0.15) is 0 Å². The van der Waals surface area contributed by atoms with Gasteiger partial charge in [0.05, 0.1) is 21.2 Å². The summed E-state index contributed by atoms with van der Waals surface area (Å²) in [6, 6.07) is 5.89. The molecule has 0 saturated carbocycles. The number of nitro benzene ring substituents is 1. The van der Waals surface area contributed by atoms with Crippen LogP contribution in [0.2, 0.25) is 5.02 Å². The third kappa shape index (κ3) is 6.31. The number of esters is 1. The monoisotopic (exact) mass is 471 g/mol. The molecule has 0 fully saturated rings. The minimum Gasteiger partial charge on any atom is -0.452 e. The van der Waals surface area contributed by atoms with Crippen molar-refractivity contribution in [2.75, 3.05) is 18.5 Å². The van der Waals surface area contributed by atoms with Crippen LogP contribution in [0, 0.1) is 15.9 Å². The molecule has 0 aromatic heterocycles. The number of nitrogens with zero attached hydrogens (tertiary/aromatic N) is 1. The third-order valence-corrected chi connectivity index (χ3v) is 5.40. The van der Waals surface area contributed by atoms with Gasteiger partial charge in [0.2, 0.25) is 10.0 Å². The van der Waals surface area contributed by atoms with Gasteiger partial charge in [-0.15, -0.1) is 6.58 Å². The summed E-state index contributed by atoms with van der Waals surface area (Å²) in [4.78, 5) is 33.4. The van der Waals surface area contributed by atoms with Crippen molar-refractivity contribution in [1.82, 2.24) is 4.72 Å². The Labute approximate surface area is 180 Å². The molecule has 31 heavy (non-hydrogen) atoms. The number of hydrogen-bond acceptors (Lipinski definition) is 7. The molecule has 2 aromatic carbocycles. The molecule has 10 nitrogen and oxygen atoms in total.